The summed E-state index contributed by atoms with van der Waals surface area (Å²) >= 11 is 0. The topological polar surface area (TPSA) is 26.7 Å². The van der Waals surface area contributed by atoms with Gasteiger partial charge in [0.05, 0.1) is 6.10 Å². The van der Waals surface area contributed by atoms with Crippen molar-refractivity contribution in [2.24, 2.45) is 0 Å². The van der Waals surface area contributed by atoms with E-state index in [9.17, 15) is 13.9 Å². The number of hydrogen-bond acceptors (Lipinski definition) is 3. The number of halogens is 2. The highest BCUT2D eigenvalue weighted by Gasteiger charge is 2.22. The van der Waals surface area contributed by atoms with Crippen LogP contribution in [0.5, 0.6) is 0 Å². The number of likely N-dealkylation sites (tertiary alicyclic amines) is 1. The van der Waals surface area contributed by atoms with Gasteiger partial charge in [0.25, 0.3) is 0 Å². The molecule has 1 heterocycles. The summed E-state index contributed by atoms with van der Waals surface area (Å²) in [4.78, 5) is 4.50. The summed E-state index contributed by atoms with van der Waals surface area (Å²) < 4.78 is 26.8. The summed E-state index contributed by atoms with van der Waals surface area (Å²) in [6.45, 7) is 2.80. The van der Waals surface area contributed by atoms with E-state index in [-0.39, 0.29) is 5.56 Å². The molecule has 118 valence electrons. The van der Waals surface area contributed by atoms with Gasteiger partial charge < -0.3 is 14.9 Å². The van der Waals surface area contributed by atoms with E-state index in [0.29, 0.717) is 19.0 Å². The normalized spacial score (nSPS) is 21.7. The fraction of sp³-hybridized carbons (Fsp3) is 0.625. The highest BCUT2D eigenvalue weighted by molar-refractivity contribution is 5.21. The molecule has 3 nitrogen and oxygen atoms in total. The van der Waals surface area contributed by atoms with Gasteiger partial charge in [-0.3, -0.25) is 0 Å². The standard InChI is InChI=1S/C16H24F2N2O/c1-19-9-4-5-12(11-19)20(2)10-8-15(21)13-6-3-7-14(17)16(13)18/h3,6-7,12,15,21H,4-5,8-11H2,1-2H3. The first-order chi connectivity index (χ1) is 9.99. The van der Waals surface area contributed by atoms with Gasteiger partial charge in [-0.05, 0) is 46.0 Å². The number of piperidine rings is 1. The molecular formula is C16H24F2N2O. The molecule has 1 aliphatic heterocycles. The highest BCUT2D eigenvalue weighted by Crippen LogP contribution is 2.23. The second kappa shape index (κ2) is 7.29. The van der Waals surface area contributed by atoms with E-state index in [1.807, 2.05) is 7.05 Å². The Morgan fingerprint density at radius 2 is 2.19 bits per heavy atom. The summed E-state index contributed by atoms with van der Waals surface area (Å²) in [5.74, 6) is -1.85. The number of rotatable bonds is 5. The molecule has 2 atom stereocenters. The Bertz CT molecular complexity index is 470. The SMILES string of the molecule is CN1CCCC(N(C)CCC(O)c2cccc(F)c2F)C1. The maximum atomic E-state index is 13.6. The minimum Gasteiger partial charge on any atom is -0.388 e. The lowest BCUT2D eigenvalue weighted by molar-refractivity contribution is 0.102. The Labute approximate surface area is 125 Å². The molecule has 0 saturated carbocycles. The Hall–Kier alpha value is -1.04. The Morgan fingerprint density at radius 1 is 1.43 bits per heavy atom. The smallest absolute Gasteiger partial charge is 0.164 e. The third-order valence-electron chi connectivity index (χ3n) is 4.32. The second-order valence-corrected chi connectivity index (χ2v) is 5.99. The van der Waals surface area contributed by atoms with Crippen molar-refractivity contribution in [3.63, 3.8) is 0 Å². The van der Waals surface area contributed by atoms with E-state index in [1.54, 1.807) is 0 Å². The van der Waals surface area contributed by atoms with Crippen LogP contribution in [0.4, 0.5) is 8.78 Å². The van der Waals surface area contributed by atoms with Crippen LogP contribution in [0.25, 0.3) is 0 Å². The lowest BCUT2D eigenvalue weighted by atomic mass is 10.0. The van der Waals surface area contributed by atoms with Crippen molar-refractivity contribution < 1.29 is 13.9 Å². The first-order valence-electron chi connectivity index (χ1n) is 7.49. The van der Waals surface area contributed by atoms with Crippen LogP contribution in [0, 0.1) is 11.6 Å². The fourth-order valence-corrected chi connectivity index (χ4v) is 2.94. The van der Waals surface area contributed by atoms with Crippen molar-refractivity contribution in [2.45, 2.75) is 31.4 Å². The van der Waals surface area contributed by atoms with E-state index >= 15 is 0 Å². The van der Waals surface area contributed by atoms with Gasteiger partial charge in [-0.2, -0.15) is 0 Å². The van der Waals surface area contributed by atoms with Crippen LogP contribution in [-0.4, -0.2) is 54.7 Å². The second-order valence-electron chi connectivity index (χ2n) is 5.99. The number of aliphatic hydroxyl groups excluding tert-OH is 1. The summed E-state index contributed by atoms with van der Waals surface area (Å²) in [5, 5.41) is 10.1. The molecule has 1 aliphatic rings. The van der Waals surface area contributed by atoms with Crippen LogP contribution in [0.2, 0.25) is 0 Å². The Kier molecular flexibility index (Phi) is 5.67. The van der Waals surface area contributed by atoms with Crippen molar-refractivity contribution in [3.05, 3.63) is 35.4 Å². The van der Waals surface area contributed by atoms with Crippen LogP contribution in [-0.2, 0) is 0 Å². The average molecular weight is 298 g/mol. The van der Waals surface area contributed by atoms with Gasteiger partial charge in [0.15, 0.2) is 11.6 Å². The van der Waals surface area contributed by atoms with Crippen LogP contribution in [0.1, 0.15) is 30.9 Å². The molecule has 1 N–H and O–H groups in total. The Balaban J connectivity index is 1.88. The minimum absolute atomic E-state index is 0.0455. The highest BCUT2D eigenvalue weighted by atomic mass is 19.2. The van der Waals surface area contributed by atoms with Crippen molar-refractivity contribution >= 4 is 0 Å². The summed E-state index contributed by atoms with van der Waals surface area (Å²) in [7, 11) is 4.13. The summed E-state index contributed by atoms with van der Waals surface area (Å²) in [5.41, 5.74) is 0.0455. The van der Waals surface area contributed by atoms with Crippen molar-refractivity contribution in [3.8, 4) is 0 Å². The fourth-order valence-electron chi connectivity index (χ4n) is 2.94. The molecule has 0 bridgehead atoms. The average Bonchev–Trinajstić information content (AvgIpc) is 2.47. The van der Waals surface area contributed by atoms with Crippen molar-refractivity contribution in [2.75, 3.05) is 33.7 Å². The molecule has 2 rings (SSSR count). The van der Waals surface area contributed by atoms with E-state index in [2.05, 4.69) is 16.8 Å². The zero-order chi connectivity index (χ0) is 15.4. The molecule has 1 fully saturated rings. The molecule has 5 heteroatoms. The first kappa shape index (κ1) is 16.3. The van der Waals surface area contributed by atoms with Crippen LogP contribution < -0.4 is 0 Å². The maximum absolute atomic E-state index is 13.6. The summed E-state index contributed by atoms with van der Waals surface area (Å²) in [6.07, 6.45) is 1.75. The largest absolute Gasteiger partial charge is 0.388 e. The molecular weight excluding hydrogens is 274 g/mol. The zero-order valence-electron chi connectivity index (χ0n) is 12.7. The van der Waals surface area contributed by atoms with Crippen molar-refractivity contribution in [1.29, 1.82) is 0 Å². The van der Waals surface area contributed by atoms with Gasteiger partial charge in [-0.25, -0.2) is 8.78 Å². The Morgan fingerprint density at radius 3 is 2.90 bits per heavy atom. The van der Waals surface area contributed by atoms with Gasteiger partial charge in [0.1, 0.15) is 0 Å². The predicted molar refractivity (Wildman–Crippen MR) is 79.1 cm³/mol. The van der Waals surface area contributed by atoms with Crippen LogP contribution in [0.3, 0.4) is 0 Å². The molecule has 0 spiro atoms. The number of aliphatic hydroxyl groups is 1. The van der Waals surface area contributed by atoms with Crippen LogP contribution in [0.15, 0.2) is 18.2 Å². The number of hydrogen-bond donors (Lipinski definition) is 1. The molecule has 1 aromatic rings. The van der Waals surface area contributed by atoms with Gasteiger partial charge in [-0.15, -0.1) is 0 Å². The monoisotopic (exact) mass is 298 g/mol. The van der Waals surface area contributed by atoms with E-state index in [4.69, 9.17) is 0 Å². The third-order valence-corrected chi connectivity index (χ3v) is 4.32. The van der Waals surface area contributed by atoms with Gasteiger partial charge >= 0.3 is 0 Å². The maximum Gasteiger partial charge on any atom is 0.164 e. The minimum atomic E-state index is -0.968. The molecule has 2 unspecified atom stereocenters. The molecule has 1 saturated heterocycles. The number of nitrogens with zero attached hydrogens (tertiary/aromatic N) is 2. The van der Waals surface area contributed by atoms with E-state index in [0.717, 1.165) is 25.6 Å². The van der Waals surface area contributed by atoms with E-state index in [1.165, 1.54) is 18.6 Å². The van der Waals surface area contributed by atoms with Gasteiger partial charge in [-0.1, -0.05) is 12.1 Å². The molecule has 1 aromatic carbocycles. The lowest BCUT2D eigenvalue weighted by Gasteiger charge is -2.36. The predicted octanol–water partition coefficient (Wildman–Crippen LogP) is 2.41. The summed E-state index contributed by atoms with van der Waals surface area (Å²) in [6, 6.07) is 4.40. The molecule has 0 radical (unpaired) electrons. The molecule has 21 heavy (non-hydrogen) atoms. The molecule has 0 aromatic heterocycles. The number of benzene rings is 1. The van der Waals surface area contributed by atoms with E-state index < -0.39 is 17.7 Å². The number of likely N-dealkylation sites (N-methyl/N-ethyl adjacent to an activating group) is 2. The molecule has 0 aliphatic carbocycles. The third kappa shape index (κ3) is 4.22. The first-order valence-corrected chi connectivity index (χ1v) is 7.49. The van der Waals surface area contributed by atoms with Gasteiger partial charge in [0, 0.05) is 24.7 Å². The lowest BCUT2D eigenvalue weighted by Crippen LogP contribution is -2.45. The van der Waals surface area contributed by atoms with Gasteiger partial charge in [0.2, 0.25) is 0 Å². The van der Waals surface area contributed by atoms with Crippen LogP contribution >= 0.6 is 0 Å². The van der Waals surface area contributed by atoms with Crippen molar-refractivity contribution in [1.82, 2.24) is 9.80 Å². The molecule has 0 amide bonds. The zero-order valence-corrected chi connectivity index (χ0v) is 12.7. The quantitative estimate of drug-likeness (QED) is 0.904.